The van der Waals surface area contributed by atoms with Crippen LogP contribution >= 0.6 is 0 Å². The molecule has 0 saturated carbocycles. The molecule has 17 heavy (non-hydrogen) atoms. The molecule has 2 rings (SSSR count). The predicted molar refractivity (Wildman–Crippen MR) is 63.2 cm³/mol. The fourth-order valence-electron chi connectivity index (χ4n) is 1.96. The number of carbonyl (C=O) groups excluding carboxylic acids is 2. The van der Waals surface area contributed by atoms with Gasteiger partial charge in [0.1, 0.15) is 5.75 Å². The lowest BCUT2D eigenvalue weighted by Crippen LogP contribution is -2.45. The molecule has 1 heterocycles. The van der Waals surface area contributed by atoms with E-state index in [0.717, 1.165) is 0 Å². The van der Waals surface area contributed by atoms with Crippen LogP contribution in [-0.2, 0) is 0 Å². The average Bonchev–Trinajstić information content (AvgIpc) is 2.50. The number of ether oxygens (including phenoxy) is 1. The molecular weight excluding hydrogens is 218 g/mol. The Bertz CT molecular complexity index is 500. The molecule has 1 aliphatic heterocycles. The van der Waals surface area contributed by atoms with Gasteiger partial charge in [-0.3, -0.25) is 14.5 Å². The van der Waals surface area contributed by atoms with Crippen molar-refractivity contribution >= 4 is 11.8 Å². The molecule has 0 spiro atoms. The average molecular weight is 233 g/mol. The standard InChI is InChI=1S/C13H15NO3/c1-13(2,3)14-11(15)9-6-5-8(17-4)7-10(9)12(14)16/h5-7H,1-4H3. The summed E-state index contributed by atoms with van der Waals surface area (Å²) < 4.78 is 5.06. The first-order valence-electron chi connectivity index (χ1n) is 5.43. The van der Waals surface area contributed by atoms with Crippen LogP contribution in [0.25, 0.3) is 0 Å². The van der Waals surface area contributed by atoms with E-state index in [0.29, 0.717) is 16.9 Å². The van der Waals surface area contributed by atoms with Gasteiger partial charge in [-0.25, -0.2) is 0 Å². The van der Waals surface area contributed by atoms with E-state index in [1.54, 1.807) is 18.2 Å². The van der Waals surface area contributed by atoms with Gasteiger partial charge in [0.05, 0.1) is 18.2 Å². The van der Waals surface area contributed by atoms with E-state index in [1.165, 1.54) is 12.0 Å². The summed E-state index contributed by atoms with van der Waals surface area (Å²) in [7, 11) is 1.53. The van der Waals surface area contributed by atoms with Gasteiger partial charge in [-0.2, -0.15) is 0 Å². The monoisotopic (exact) mass is 233 g/mol. The van der Waals surface area contributed by atoms with Crippen LogP contribution in [0.1, 0.15) is 41.5 Å². The van der Waals surface area contributed by atoms with Gasteiger partial charge < -0.3 is 4.74 Å². The van der Waals surface area contributed by atoms with Crippen LogP contribution in [-0.4, -0.2) is 29.4 Å². The van der Waals surface area contributed by atoms with Gasteiger partial charge in [-0.05, 0) is 39.0 Å². The molecule has 1 aromatic rings. The van der Waals surface area contributed by atoms with Gasteiger partial charge in [0.2, 0.25) is 0 Å². The van der Waals surface area contributed by atoms with Gasteiger partial charge in [0.15, 0.2) is 0 Å². The minimum absolute atomic E-state index is 0.236. The summed E-state index contributed by atoms with van der Waals surface area (Å²) in [5, 5.41) is 0. The number of methoxy groups -OCH3 is 1. The Morgan fingerprint density at radius 3 is 2.18 bits per heavy atom. The fourth-order valence-corrected chi connectivity index (χ4v) is 1.96. The van der Waals surface area contributed by atoms with Crippen molar-refractivity contribution in [2.75, 3.05) is 7.11 Å². The molecule has 0 bridgehead atoms. The Labute approximate surface area is 100 Å². The second kappa shape index (κ2) is 3.58. The summed E-state index contributed by atoms with van der Waals surface area (Å²) in [5.41, 5.74) is 0.357. The maximum atomic E-state index is 12.2. The van der Waals surface area contributed by atoms with Crippen LogP contribution in [0.2, 0.25) is 0 Å². The van der Waals surface area contributed by atoms with Crippen LogP contribution in [0, 0.1) is 0 Å². The number of carbonyl (C=O) groups is 2. The summed E-state index contributed by atoms with van der Waals surface area (Å²) in [5.74, 6) is 0.0946. The van der Waals surface area contributed by atoms with Crippen LogP contribution in [0.15, 0.2) is 18.2 Å². The molecule has 0 saturated heterocycles. The van der Waals surface area contributed by atoms with Crippen molar-refractivity contribution in [3.05, 3.63) is 29.3 Å². The zero-order chi connectivity index (χ0) is 12.8. The molecule has 0 fully saturated rings. The Balaban J connectivity index is 2.53. The molecule has 0 unspecified atom stereocenters. The third-order valence-corrected chi connectivity index (χ3v) is 2.76. The summed E-state index contributed by atoms with van der Waals surface area (Å²) in [6.45, 7) is 5.52. The van der Waals surface area contributed by atoms with Gasteiger partial charge in [0, 0.05) is 5.54 Å². The Morgan fingerprint density at radius 2 is 1.65 bits per heavy atom. The number of hydrogen-bond acceptors (Lipinski definition) is 3. The lowest BCUT2D eigenvalue weighted by Gasteiger charge is -2.29. The van der Waals surface area contributed by atoms with E-state index in [2.05, 4.69) is 0 Å². The van der Waals surface area contributed by atoms with Gasteiger partial charge in [0.25, 0.3) is 11.8 Å². The van der Waals surface area contributed by atoms with Gasteiger partial charge in [-0.15, -0.1) is 0 Å². The number of amides is 2. The third kappa shape index (κ3) is 1.69. The first-order chi connectivity index (χ1) is 7.86. The van der Waals surface area contributed by atoms with E-state index < -0.39 is 5.54 Å². The highest BCUT2D eigenvalue weighted by molar-refractivity contribution is 6.22. The molecule has 2 amide bonds. The van der Waals surface area contributed by atoms with Crippen LogP contribution in [0.3, 0.4) is 0 Å². The lowest BCUT2D eigenvalue weighted by atomic mass is 10.1. The van der Waals surface area contributed by atoms with Crippen molar-refractivity contribution in [2.24, 2.45) is 0 Å². The van der Waals surface area contributed by atoms with E-state index >= 15 is 0 Å². The summed E-state index contributed by atoms with van der Waals surface area (Å²) in [6, 6.07) is 4.94. The first kappa shape index (κ1) is 11.6. The maximum absolute atomic E-state index is 12.2. The number of hydrogen-bond donors (Lipinski definition) is 0. The molecule has 0 atom stereocenters. The number of fused-ring (bicyclic) bond motifs is 1. The molecule has 1 aromatic carbocycles. The minimum atomic E-state index is -0.513. The Morgan fingerprint density at radius 1 is 1.06 bits per heavy atom. The topological polar surface area (TPSA) is 46.6 Å². The minimum Gasteiger partial charge on any atom is -0.497 e. The number of rotatable bonds is 1. The number of benzene rings is 1. The molecule has 0 radical (unpaired) electrons. The van der Waals surface area contributed by atoms with Crippen LogP contribution in [0.4, 0.5) is 0 Å². The highest BCUT2D eigenvalue weighted by atomic mass is 16.5. The zero-order valence-corrected chi connectivity index (χ0v) is 10.4. The third-order valence-electron chi connectivity index (χ3n) is 2.76. The van der Waals surface area contributed by atoms with Crippen molar-refractivity contribution in [3.8, 4) is 5.75 Å². The molecule has 90 valence electrons. The number of imide groups is 1. The summed E-state index contributed by atoms with van der Waals surface area (Å²) >= 11 is 0. The zero-order valence-electron chi connectivity index (χ0n) is 10.4. The normalized spacial score (nSPS) is 15.2. The Kier molecular flexibility index (Phi) is 2.45. The summed E-state index contributed by atoms with van der Waals surface area (Å²) in [4.78, 5) is 25.6. The second-order valence-corrected chi connectivity index (χ2v) is 5.03. The Hall–Kier alpha value is -1.84. The fraction of sp³-hybridized carbons (Fsp3) is 0.385. The second-order valence-electron chi connectivity index (χ2n) is 5.03. The van der Waals surface area contributed by atoms with Gasteiger partial charge in [-0.1, -0.05) is 0 Å². The maximum Gasteiger partial charge on any atom is 0.262 e. The van der Waals surface area contributed by atoms with E-state index in [-0.39, 0.29) is 11.8 Å². The molecule has 1 aliphatic rings. The molecule has 0 aliphatic carbocycles. The van der Waals surface area contributed by atoms with E-state index in [4.69, 9.17) is 4.74 Å². The van der Waals surface area contributed by atoms with Crippen molar-refractivity contribution in [3.63, 3.8) is 0 Å². The smallest absolute Gasteiger partial charge is 0.262 e. The highest BCUT2D eigenvalue weighted by Crippen LogP contribution is 2.31. The highest BCUT2D eigenvalue weighted by Gasteiger charge is 2.41. The molecule has 4 nitrogen and oxygen atoms in total. The lowest BCUT2D eigenvalue weighted by molar-refractivity contribution is 0.0508. The van der Waals surface area contributed by atoms with E-state index in [9.17, 15) is 9.59 Å². The SMILES string of the molecule is COc1ccc2c(c1)C(=O)N(C(C)(C)C)C2=O. The molecular formula is C13H15NO3. The molecule has 0 aromatic heterocycles. The largest absolute Gasteiger partial charge is 0.497 e. The van der Waals surface area contributed by atoms with Crippen LogP contribution < -0.4 is 4.74 Å². The van der Waals surface area contributed by atoms with Crippen molar-refractivity contribution in [1.82, 2.24) is 4.90 Å². The molecule has 0 N–H and O–H groups in total. The first-order valence-corrected chi connectivity index (χ1v) is 5.43. The summed E-state index contributed by atoms with van der Waals surface area (Å²) in [6.07, 6.45) is 0. The van der Waals surface area contributed by atoms with Crippen LogP contribution in [0.5, 0.6) is 5.75 Å². The van der Waals surface area contributed by atoms with Crippen molar-refractivity contribution in [2.45, 2.75) is 26.3 Å². The molecule has 4 heteroatoms. The predicted octanol–water partition coefficient (Wildman–Crippen LogP) is 2.09. The van der Waals surface area contributed by atoms with Crippen molar-refractivity contribution < 1.29 is 14.3 Å². The number of nitrogens with zero attached hydrogens (tertiary/aromatic N) is 1. The van der Waals surface area contributed by atoms with E-state index in [1.807, 2.05) is 20.8 Å². The quantitative estimate of drug-likeness (QED) is 0.698. The van der Waals surface area contributed by atoms with Crippen molar-refractivity contribution in [1.29, 1.82) is 0 Å². The van der Waals surface area contributed by atoms with Gasteiger partial charge >= 0.3 is 0 Å².